The molecular weight excluding hydrogens is 386 g/mol. The van der Waals surface area contributed by atoms with Crippen LogP contribution < -0.4 is 20.1 Å². The maximum Gasteiger partial charge on any atom is 0.262 e. The second kappa shape index (κ2) is 7.49. The zero-order valence-corrected chi connectivity index (χ0v) is 16.3. The van der Waals surface area contributed by atoms with Gasteiger partial charge in [0, 0.05) is 25.3 Å². The number of fused-ring (bicyclic) bond motifs is 1. The summed E-state index contributed by atoms with van der Waals surface area (Å²) in [5, 5.41) is 5.33. The standard InChI is InChI=1S/C18H19N3O6S/c1-21(2)28(24,25)16-8-11(4-6-15(16)26-3)18(23)19-12-5-7-14-13(9-12)20-17(22)10-27-14/h4-9H,10H2,1-3H3,(H,19,23)(H,20,22). The number of nitrogens with one attached hydrogen (secondary N) is 2. The highest BCUT2D eigenvalue weighted by Gasteiger charge is 2.24. The Morgan fingerprint density at radius 1 is 1.21 bits per heavy atom. The van der Waals surface area contributed by atoms with Crippen molar-refractivity contribution in [2.75, 3.05) is 38.4 Å². The lowest BCUT2D eigenvalue weighted by atomic mass is 10.2. The summed E-state index contributed by atoms with van der Waals surface area (Å²) in [5.74, 6) is -0.161. The fraction of sp³-hybridized carbons (Fsp3) is 0.222. The molecule has 0 aromatic heterocycles. The van der Waals surface area contributed by atoms with Gasteiger partial charge in [0.15, 0.2) is 6.61 Å². The van der Waals surface area contributed by atoms with Gasteiger partial charge in [-0.05, 0) is 36.4 Å². The van der Waals surface area contributed by atoms with Crippen LogP contribution in [-0.4, -0.2) is 52.3 Å². The molecule has 10 heteroatoms. The van der Waals surface area contributed by atoms with Crippen molar-refractivity contribution < 1.29 is 27.5 Å². The maximum absolute atomic E-state index is 12.6. The number of carbonyl (C=O) groups excluding carboxylic acids is 2. The number of carbonyl (C=O) groups is 2. The van der Waals surface area contributed by atoms with Crippen LogP contribution in [0.5, 0.6) is 11.5 Å². The van der Waals surface area contributed by atoms with Crippen LogP contribution in [0.1, 0.15) is 10.4 Å². The van der Waals surface area contributed by atoms with E-state index in [1.807, 2.05) is 0 Å². The van der Waals surface area contributed by atoms with Crippen molar-refractivity contribution in [1.29, 1.82) is 0 Å². The highest BCUT2D eigenvalue weighted by Crippen LogP contribution is 2.31. The number of sulfonamides is 1. The minimum atomic E-state index is -3.80. The molecular formula is C18H19N3O6S. The lowest BCUT2D eigenvalue weighted by Gasteiger charge is -2.19. The number of anilines is 2. The SMILES string of the molecule is COc1ccc(C(=O)Nc2ccc3c(c2)NC(=O)CO3)cc1S(=O)(=O)N(C)C. The van der Waals surface area contributed by atoms with Crippen molar-refractivity contribution in [3.05, 3.63) is 42.0 Å². The van der Waals surface area contributed by atoms with Crippen molar-refractivity contribution in [2.45, 2.75) is 4.90 Å². The van der Waals surface area contributed by atoms with E-state index in [-0.39, 0.29) is 28.7 Å². The number of hydrogen-bond acceptors (Lipinski definition) is 6. The molecule has 0 atom stereocenters. The Labute approximate surface area is 162 Å². The molecule has 148 valence electrons. The van der Waals surface area contributed by atoms with E-state index in [2.05, 4.69) is 10.6 Å². The summed E-state index contributed by atoms with van der Waals surface area (Å²) in [4.78, 5) is 23.9. The van der Waals surface area contributed by atoms with Crippen LogP contribution in [-0.2, 0) is 14.8 Å². The van der Waals surface area contributed by atoms with Crippen molar-refractivity contribution in [3.63, 3.8) is 0 Å². The van der Waals surface area contributed by atoms with Gasteiger partial charge >= 0.3 is 0 Å². The van der Waals surface area contributed by atoms with Crippen LogP contribution in [0.2, 0.25) is 0 Å². The van der Waals surface area contributed by atoms with Gasteiger partial charge in [-0.2, -0.15) is 0 Å². The summed E-state index contributed by atoms with van der Waals surface area (Å²) in [6, 6.07) is 8.95. The first kappa shape index (κ1) is 19.6. The molecule has 0 unspecified atom stereocenters. The van der Waals surface area contributed by atoms with Crippen LogP contribution in [0.4, 0.5) is 11.4 Å². The molecule has 1 aliphatic heterocycles. The Hall–Kier alpha value is -3.11. The van der Waals surface area contributed by atoms with Crippen LogP contribution in [0.25, 0.3) is 0 Å². The fourth-order valence-electron chi connectivity index (χ4n) is 2.58. The average molecular weight is 405 g/mol. The number of benzene rings is 2. The van der Waals surface area contributed by atoms with Gasteiger partial charge in [0.05, 0.1) is 12.8 Å². The molecule has 0 spiro atoms. The van der Waals surface area contributed by atoms with E-state index in [9.17, 15) is 18.0 Å². The van der Waals surface area contributed by atoms with Crippen molar-refractivity contribution in [3.8, 4) is 11.5 Å². The molecule has 2 aromatic carbocycles. The lowest BCUT2D eigenvalue weighted by molar-refractivity contribution is -0.118. The minimum Gasteiger partial charge on any atom is -0.495 e. The summed E-state index contributed by atoms with van der Waals surface area (Å²) in [6.07, 6.45) is 0. The molecule has 0 radical (unpaired) electrons. The molecule has 1 aliphatic rings. The third-order valence-corrected chi connectivity index (χ3v) is 5.89. The van der Waals surface area contributed by atoms with Gasteiger partial charge in [0.1, 0.15) is 16.4 Å². The molecule has 28 heavy (non-hydrogen) atoms. The van der Waals surface area contributed by atoms with Gasteiger partial charge in [0.2, 0.25) is 10.0 Å². The van der Waals surface area contributed by atoms with Crippen LogP contribution in [0.3, 0.4) is 0 Å². The Kier molecular flexibility index (Phi) is 5.25. The largest absolute Gasteiger partial charge is 0.495 e. The van der Waals surface area contributed by atoms with E-state index in [0.717, 1.165) is 4.31 Å². The van der Waals surface area contributed by atoms with Gasteiger partial charge in [-0.1, -0.05) is 0 Å². The first-order chi connectivity index (χ1) is 13.2. The van der Waals surface area contributed by atoms with Crippen LogP contribution in [0, 0.1) is 0 Å². The molecule has 0 bridgehead atoms. The topological polar surface area (TPSA) is 114 Å². The van der Waals surface area contributed by atoms with E-state index < -0.39 is 15.9 Å². The first-order valence-corrected chi connectivity index (χ1v) is 9.65. The second-order valence-corrected chi connectivity index (χ2v) is 8.28. The number of nitrogens with zero attached hydrogens (tertiary/aromatic N) is 1. The summed E-state index contributed by atoms with van der Waals surface area (Å²) in [6.45, 7) is -0.0618. The van der Waals surface area contributed by atoms with E-state index in [0.29, 0.717) is 17.1 Å². The molecule has 0 saturated heterocycles. The number of rotatable bonds is 5. The smallest absolute Gasteiger partial charge is 0.262 e. The number of methoxy groups -OCH3 is 1. The Balaban J connectivity index is 1.89. The van der Waals surface area contributed by atoms with Crippen molar-refractivity contribution >= 4 is 33.2 Å². The highest BCUT2D eigenvalue weighted by molar-refractivity contribution is 7.89. The van der Waals surface area contributed by atoms with E-state index in [1.165, 1.54) is 39.4 Å². The minimum absolute atomic E-state index is 0.0618. The molecule has 0 fully saturated rings. The maximum atomic E-state index is 12.6. The number of hydrogen-bond donors (Lipinski definition) is 2. The van der Waals surface area contributed by atoms with Gasteiger partial charge < -0.3 is 20.1 Å². The predicted octanol–water partition coefficient (Wildman–Crippen LogP) is 1.53. The summed E-state index contributed by atoms with van der Waals surface area (Å²) in [5.41, 5.74) is 1.00. The monoisotopic (exact) mass is 405 g/mol. The Morgan fingerprint density at radius 3 is 2.64 bits per heavy atom. The quantitative estimate of drug-likeness (QED) is 0.780. The Morgan fingerprint density at radius 2 is 1.96 bits per heavy atom. The van der Waals surface area contributed by atoms with E-state index in [4.69, 9.17) is 9.47 Å². The zero-order chi connectivity index (χ0) is 20.5. The highest BCUT2D eigenvalue weighted by atomic mass is 32.2. The van der Waals surface area contributed by atoms with Gasteiger partial charge in [-0.25, -0.2) is 12.7 Å². The number of amides is 2. The van der Waals surface area contributed by atoms with Crippen LogP contribution in [0.15, 0.2) is 41.3 Å². The van der Waals surface area contributed by atoms with Crippen molar-refractivity contribution in [2.24, 2.45) is 0 Å². The fourth-order valence-corrected chi connectivity index (χ4v) is 3.66. The normalized spacial score (nSPS) is 13.4. The van der Waals surface area contributed by atoms with Gasteiger partial charge in [-0.15, -0.1) is 0 Å². The average Bonchev–Trinajstić information content (AvgIpc) is 2.66. The molecule has 2 amide bonds. The predicted molar refractivity (Wildman–Crippen MR) is 102 cm³/mol. The molecule has 0 aliphatic carbocycles. The first-order valence-electron chi connectivity index (χ1n) is 8.21. The third kappa shape index (κ3) is 3.78. The summed E-state index contributed by atoms with van der Waals surface area (Å²) < 4.78 is 36.4. The summed E-state index contributed by atoms with van der Waals surface area (Å²) >= 11 is 0. The molecule has 9 nitrogen and oxygen atoms in total. The second-order valence-electron chi connectivity index (χ2n) is 6.15. The third-order valence-electron chi connectivity index (χ3n) is 4.05. The lowest BCUT2D eigenvalue weighted by Crippen LogP contribution is -2.25. The van der Waals surface area contributed by atoms with E-state index >= 15 is 0 Å². The number of ether oxygens (including phenoxy) is 2. The van der Waals surface area contributed by atoms with Crippen molar-refractivity contribution in [1.82, 2.24) is 4.31 Å². The molecule has 3 rings (SSSR count). The zero-order valence-electron chi connectivity index (χ0n) is 15.5. The van der Waals surface area contributed by atoms with Crippen LogP contribution >= 0.6 is 0 Å². The molecule has 0 saturated carbocycles. The molecule has 1 heterocycles. The summed E-state index contributed by atoms with van der Waals surface area (Å²) in [7, 11) is 0.340. The molecule has 2 N–H and O–H groups in total. The molecule has 2 aromatic rings. The van der Waals surface area contributed by atoms with Gasteiger partial charge in [-0.3, -0.25) is 9.59 Å². The van der Waals surface area contributed by atoms with Gasteiger partial charge in [0.25, 0.3) is 11.8 Å². The van der Waals surface area contributed by atoms with E-state index in [1.54, 1.807) is 18.2 Å². The Bertz CT molecular complexity index is 1050.